The third-order valence-corrected chi connectivity index (χ3v) is 9.46. The van der Waals surface area contributed by atoms with Gasteiger partial charge in [-0.15, -0.1) is 10.2 Å². The number of nitrogens with one attached hydrogen (secondary N) is 2. The second-order valence-electron chi connectivity index (χ2n) is 14.3. The van der Waals surface area contributed by atoms with Gasteiger partial charge in [-0.1, -0.05) is 6.07 Å². The van der Waals surface area contributed by atoms with Gasteiger partial charge in [0.1, 0.15) is 29.9 Å². The molecule has 2 aliphatic rings. The lowest BCUT2D eigenvalue weighted by atomic mass is 9.75. The van der Waals surface area contributed by atoms with Crippen LogP contribution in [0.15, 0.2) is 43.1 Å². The summed E-state index contributed by atoms with van der Waals surface area (Å²) in [5.41, 5.74) is 1.61. The maximum atomic E-state index is 10.3. The largest absolute Gasteiger partial charge is 0.487 e. The molecule has 4 heterocycles. The Morgan fingerprint density at radius 3 is 2.66 bits per heavy atom. The van der Waals surface area contributed by atoms with Crippen LogP contribution in [0.5, 0.6) is 11.6 Å². The van der Waals surface area contributed by atoms with Gasteiger partial charge in [0.25, 0.3) is 5.88 Å². The summed E-state index contributed by atoms with van der Waals surface area (Å²) >= 11 is 0. The van der Waals surface area contributed by atoms with E-state index in [0.717, 1.165) is 49.9 Å². The molecule has 0 spiro atoms. The fourth-order valence-corrected chi connectivity index (χ4v) is 6.75. The van der Waals surface area contributed by atoms with Crippen molar-refractivity contribution in [1.29, 1.82) is 5.26 Å². The number of benzene rings is 1. The van der Waals surface area contributed by atoms with Crippen molar-refractivity contribution >= 4 is 11.6 Å². The Hall–Kier alpha value is -4.65. The molecule has 1 saturated carbocycles. The predicted molar refractivity (Wildman–Crippen MR) is 185 cm³/mol. The van der Waals surface area contributed by atoms with Crippen LogP contribution in [0.2, 0.25) is 0 Å². The predicted octanol–water partition coefficient (Wildman–Crippen LogP) is 4.45. The van der Waals surface area contributed by atoms with E-state index in [1.807, 2.05) is 29.9 Å². The highest BCUT2D eigenvalue weighted by atomic mass is 16.5. The summed E-state index contributed by atoms with van der Waals surface area (Å²) in [6, 6.07) is 7.79. The van der Waals surface area contributed by atoms with Crippen molar-refractivity contribution in [3.63, 3.8) is 0 Å². The van der Waals surface area contributed by atoms with Crippen LogP contribution in [-0.2, 0) is 11.3 Å². The van der Waals surface area contributed by atoms with Gasteiger partial charge in [0, 0.05) is 37.5 Å². The molecular formula is C35H47N11O4. The number of aromatic nitrogens is 8. The van der Waals surface area contributed by atoms with Crippen LogP contribution in [0.4, 0.5) is 11.6 Å². The molecule has 4 aromatic rings. The average Bonchev–Trinajstić information content (AvgIpc) is 3.74. The summed E-state index contributed by atoms with van der Waals surface area (Å²) in [6.45, 7) is 12.3. The summed E-state index contributed by atoms with van der Waals surface area (Å²) in [7, 11) is 0. The highest BCUT2D eigenvalue weighted by molar-refractivity contribution is 5.67. The zero-order valence-corrected chi connectivity index (χ0v) is 29.4. The van der Waals surface area contributed by atoms with E-state index in [4.69, 9.17) is 19.3 Å². The van der Waals surface area contributed by atoms with Crippen molar-refractivity contribution in [1.82, 2.24) is 45.3 Å². The maximum absolute atomic E-state index is 10.3. The van der Waals surface area contributed by atoms with Crippen molar-refractivity contribution in [2.45, 2.75) is 103 Å². The first-order valence-corrected chi connectivity index (χ1v) is 17.3. The second-order valence-corrected chi connectivity index (χ2v) is 14.3. The molecule has 15 nitrogen and oxygen atoms in total. The van der Waals surface area contributed by atoms with E-state index in [-0.39, 0.29) is 23.9 Å². The van der Waals surface area contributed by atoms with E-state index in [9.17, 15) is 10.4 Å². The van der Waals surface area contributed by atoms with Gasteiger partial charge in [-0.2, -0.15) is 5.26 Å². The number of hydrogen-bond donors (Lipinski definition) is 3. The Balaban J connectivity index is 1.15. The van der Waals surface area contributed by atoms with Crippen LogP contribution >= 0.6 is 0 Å². The van der Waals surface area contributed by atoms with Gasteiger partial charge in [-0.25, -0.2) is 14.6 Å². The molecule has 1 unspecified atom stereocenters. The Kier molecular flexibility index (Phi) is 10.6. The third kappa shape index (κ3) is 8.73. The average molecular weight is 686 g/mol. The zero-order valence-electron chi connectivity index (χ0n) is 29.4. The smallest absolute Gasteiger partial charge is 0.256 e. The van der Waals surface area contributed by atoms with Crippen LogP contribution in [-0.4, -0.2) is 88.2 Å². The van der Waals surface area contributed by atoms with E-state index >= 15 is 0 Å². The maximum Gasteiger partial charge on any atom is 0.256 e. The molecule has 50 heavy (non-hydrogen) atoms. The van der Waals surface area contributed by atoms with Crippen LogP contribution in [0.1, 0.15) is 78.3 Å². The van der Waals surface area contributed by atoms with Gasteiger partial charge < -0.3 is 30.0 Å². The molecule has 3 N–H and O–H groups in total. The van der Waals surface area contributed by atoms with Gasteiger partial charge in [-0.3, -0.25) is 4.68 Å². The summed E-state index contributed by atoms with van der Waals surface area (Å²) in [6.07, 6.45) is 11.4. The fraction of sp³-hybridized carbons (Fsp3) is 0.571. The monoisotopic (exact) mass is 685 g/mol. The minimum atomic E-state index is -0.861. The molecule has 3 atom stereocenters. The first kappa shape index (κ1) is 35.2. The normalized spacial score (nSPS) is 23.2. The van der Waals surface area contributed by atoms with Gasteiger partial charge in [0.05, 0.1) is 48.3 Å². The molecule has 0 amide bonds. The molecule has 6 rings (SSSR count). The number of hydrogen-bond acceptors (Lipinski definition) is 13. The lowest BCUT2D eigenvalue weighted by molar-refractivity contribution is -0.138. The molecule has 1 aliphatic carbocycles. The summed E-state index contributed by atoms with van der Waals surface area (Å²) in [4.78, 5) is 9.17. The SMILES string of the molecule is CC(Cn1cnnn1)Oc1cc(-c2cnc(Nc3cn(C4CCC([C@@]5(C)CNC[C@@H](C)O5)CC4)nc3OCCC(C)(C)O)nc2)ccc1C#N. The third-order valence-electron chi connectivity index (χ3n) is 9.46. The van der Waals surface area contributed by atoms with Gasteiger partial charge in [0.15, 0.2) is 0 Å². The number of aliphatic hydroxyl groups is 1. The van der Waals surface area contributed by atoms with Crippen molar-refractivity contribution in [2.24, 2.45) is 5.92 Å². The van der Waals surface area contributed by atoms with Crippen LogP contribution in [0, 0.1) is 17.2 Å². The minimum absolute atomic E-state index is 0.157. The molecule has 266 valence electrons. The van der Waals surface area contributed by atoms with E-state index in [1.54, 1.807) is 37.0 Å². The minimum Gasteiger partial charge on any atom is -0.487 e. The first-order valence-electron chi connectivity index (χ1n) is 17.3. The van der Waals surface area contributed by atoms with Crippen molar-refractivity contribution < 1.29 is 19.3 Å². The van der Waals surface area contributed by atoms with E-state index in [1.165, 1.54) is 6.33 Å². The van der Waals surface area contributed by atoms with Crippen molar-refractivity contribution in [3.05, 3.63) is 48.7 Å². The highest BCUT2D eigenvalue weighted by Crippen LogP contribution is 2.41. The number of nitrogens with zero attached hydrogens (tertiary/aromatic N) is 9. The Bertz CT molecular complexity index is 1740. The van der Waals surface area contributed by atoms with Gasteiger partial charge in [0.2, 0.25) is 5.95 Å². The van der Waals surface area contributed by atoms with Crippen molar-refractivity contribution in [2.75, 3.05) is 25.0 Å². The van der Waals surface area contributed by atoms with Crippen molar-refractivity contribution in [3.8, 4) is 28.8 Å². The Morgan fingerprint density at radius 2 is 1.98 bits per heavy atom. The molecule has 1 aromatic carbocycles. The molecular weight excluding hydrogens is 638 g/mol. The molecule has 2 fully saturated rings. The van der Waals surface area contributed by atoms with Gasteiger partial charge in [-0.05, 0) is 94.3 Å². The summed E-state index contributed by atoms with van der Waals surface area (Å²) in [5.74, 6) is 1.76. The molecule has 15 heteroatoms. The number of tetrazole rings is 1. The Labute approximate surface area is 292 Å². The number of nitriles is 1. The number of morpholine rings is 1. The molecule has 0 bridgehead atoms. The zero-order chi connectivity index (χ0) is 35.3. The molecule has 3 aromatic heterocycles. The summed E-state index contributed by atoms with van der Waals surface area (Å²) < 4.78 is 22.2. The quantitative estimate of drug-likeness (QED) is 0.180. The molecule has 0 radical (unpaired) electrons. The number of rotatable bonds is 13. The van der Waals surface area contributed by atoms with E-state index < -0.39 is 5.60 Å². The number of anilines is 2. The first-order chi connectivity index (χ1) is 24.0. The lowest BCUT2D eigenvalue weighted by Crippen LogP contribution is -2.55. The van der Waals surface area contributed by atoms with E-state index in [0.29, 0.717) is 54.3 Å². The standard InChI is InChI=1S/C35H47N11O4/c1-23-16-37-21-35(5,50-23)28-8-10-29(11-9-28)46-20-30(32(42-46)48-13-12-34(3,4)47)41-33-38-17-27(18-39-33)25-6-7-26(15-36)31(14-25)49-24(2)19-45-22-40-43-44-45/h6-7,14,17-18,20,22-24,28-29,37,47H,8-13,16,19,21H2,1-5H3,(H,38,39,41)/t23-,24?,28?,29?,35-/m1/s1. The van der Waals surface area contributed by atoms with Gasteiger partial charge >= 0.3 is 0 Å². The second kappa shape index (κ2) is 15.1. The topological polar surface area (TPSA) is 183 Å². The summed E-state index contributed by atoms with van der Waals surface area (Å²) in [5, 5.41) is 42.8. The van der Waals surface area contributed by atoms with Crippen LogP contribution < -0.4 is 20.1 Å². The van der Waals surface area contributed by atoms with E-state index in [2.05, 4.69) is 56.0 Å². The highest BCUT2D eigenvalue weighted by Gasteiger charge is 2.41. The number of ether oxygens (including phenoxy) is 3. The van der Waals surface area contributed by atoms with Crippen LogP contribution in [0.25, 0.3) is 11.1 Å². The fourth-order valence-electron chi connectivity index (χ4n) is 6.75. The van der Waals surface area contributed by atoms with Crippen LogP contribution in [0.3, 0.4) is 0 Å². The lowest BCUT2D eigenvalue weighted by Gasteiger charge is -2.46. The Morgan fingerprint density at radius 1 is 1.20 bits per heavy atom. The molecule has 1 saturated heterocycles. The molecule has 1 aliphatic heterocycles.